The number of carbonyl (C=O) groups excluding carboxylic acids is 1. The second kappa shape index (κ2) is 6.92. The lowest BCUT2D eigenvalue weighted by atomic mass is 9.90. The Balaban J connectivity index is 1.61. The van der Waals surface area contributed by atoms with Crippen LogP contribution < -0.4 is 5.32 Å². The van der Waals surface area contributed by atoms with E-state index in [0.29, 0.717) is 36.2 Å². The van der Waals surface area contributed by atoms with Gasteiger partial charge in [0.05, 0.1) is 6.04 Å². The number of benzene rings is 1. The van der Waals surface area contributed by atoms with Gasteiger partial charge in [-0.2, -0.15) is 0 Å². The third-order valence-electron chi connectivity index (χ3n) is 4.92. The first-order valence-electron chi connectivity index (χ1n) is 8.85. The van der Waals surface area contributed by atoms with E-state index in [1.54, 1.807) is 25.3 Å². The number of nitrogens with one attached hydrogen (secondary N) is 1. The highest BCUT2D eigenvalue weighted by Gasteiger charge is 2.30. The van der Waals surface area contributed by atoms with Gasteiger partial charge in [-0.3, -0.25) is 4.79 Å². The molecule has 1 amide bonds. The van der Waals surface area contributed by atoms with Gasteiger partial charge >= 0.3 is 0 Å². The van der Waals surface area contributed by atoms with Crippen LogP contribution in [-0.4, -0.2) is 33.7 Å². The summed E-state index contributed by atoms with van der Waals surface area (Å²) < 4.78 is 13.0. The molecule has 0 saturated carbocycles. The summed E-state index contributed by atoms with van der Waals surface area (Å²) in [5, 5.41) is 3.18. The fourth-order valence-corrected chi connectivity index (χ4v) is 3.52. The van der Waals surface area contributed by atoms with E-state index in [4.69, 9.17) is 9.15 Å². The van der Waals surface area contributed by atoms with Crippen LogP contribution >= 0.6 is 0 Å². The molecule has 1 aliphatic heterocycles. The van der Waals surface area contributed by atoms with E-state index in [1.165, 1.54) is 0 Å². The van der Waals surface area contributed by atoms with Crippen molar-refractivity contribution in [3.05, 3.63) is 47.9 Å². The summed E-state index contributed by atoms with van der Waals surface area (Å²) in [5.74, 6) is 1.61. The average molecular weight is 354 g/mol. The zero-order valence-corrected chi connectivity index (χ0v) is 14.9. The maximum absolute atomic E-state index is 12.9. The topological polar surface area (TPSA) is 82.2 Å². The number of nitrogens with zero attached hydrogens (tertiary/aromatic N) is 3. The number of imidazole rings is 1. The molecular formula is C19H22N4O3. The zero-order valence-electron chi connectivity index (χ0n) is 14.9. The van der Waals surface area contributed by atoms with Crippen molar-refractivity contribution in [3.8, 4) is 0 Å². The Morgan fingerprint density at radius 3 is 2.88 bits per heavy atom. The molecule has 7 heteroatoms. The number of carbonyl (C=O) groups is 1. The third kappa shape index (κ3) is 3.22. The first-order chi connectivity index (χ1) is 12.6. The van der Waals surface area contributed by atoms with Crippen LogP contribution in [0.5, 0.6) is 0 Å². The van der Waals surface area contributed by atoms with Crippen molar-refractivity contribution in [1.29, 1.82) is 0 Å². The molecule has 1 saturated heterocycles. The van der Waals surface area contributed by atoms with Gasteiger partial charge in [-0.25, -0.2) is 9.97 Å². The molecule has 1 atom stereocenters. The lowest BCUT2D eigenvalue weighted by molar-refractivity contribution is 0.0499. The fourth-order valence-electron chi connectivity index (χ4n) is 3.52. The van der Waals surface area contributed by atoms with E-state index in [-0.39, 0.29) is 11.9 Å². The standard InChI is InChI=1S/C19H22N4O3/c1-12-21-15-4-3-14(11-16(15)26-12)19(24)22-17(13-5-9-25-10-6-13)18-20-7-8-23(18)2/h3-4,7-8,11,13,17H,5-6,9-10H2,1-2H3,(H,22,24). The molecule has 0 aliphatic carbocycles. The van der Waals surface area contributed by atoms with E-state index in [0.717, 1.165) is 24.2 Å². The first-order valence-corrected chi connectivity index (χ1v) is 8.85. The number of amides is 1. The van der Waals surface area contributed by atoms with E-state index < -0.39 is 0 Å². The maximum Gasteiger partial charge on any atom is 0.252 e. The van der Waals surface area contributed by atoms with Gasteiger partial charge in [-0.05, 0) is 37.0 Å². The molecule has 1 unspecified atom stereocenters. The Labute approximate surface area is 151 Å². The molecule has 4 rings (SSSR count). The summed E-state index contributed by atoms with van der Waals surface area (Å²) in [5.41, 5.74) is 1.93. The minimum Gasteiger partial charge on any atom is -0.441 e. The van der Waals surface area contributed by atoms with Gasteiger partial charge in [0.15, 0.2) is 11.5 Å². The second-order valence-electron chi connectivity index (χ2n) is 6.71. The quantitative estimate of drug-likeness (QED) is 0.779. The second-order valence-corrected chi connectivity index (χ2v) is 6.71. The Morgan fingerprint density at radius 2 is 2.15 bits per heavy atom. The third-order valence-corrected chi connectivity index (χ3v) is 4.92. The number of fused-ring (bicyclic) bond motifs is 1. The Bertz CT molecular complexity index is 924. The van der Waals surface area contributed by atoms with Gasteiger partial charge in [-0.1, -0.05) is 0 Å². The van der Waals surface area contributed by atoms with Gasteiger partial charge in [-0.15, -0.1) is 0 Å². The van der Waals surface area contributed by atoms with E-state index >= 15 is 0 Å². The number of rotatable bonds is 4. The van der Waals surface area contributed by atoms with Crippen molar-refractivity contribution in [2.75, 3.05) is 13.2 Å². The minimum absolute atomic E-state index is 0.138. The molecule has 1 aliphatic rings. The number of oxazole rings is 1. The van der Waals surface area contributed by atoms with Gasteiger partial charge in [0, 0.05) is 45.1 Å². The van der Waals surface area contributed by atoms with Crippen LogP contribution in [0.2, 0.25) is 0 Å². The van der Waals surface area contributed by atoms with Gasteiger partial charge in [0.1, 0.15) is 11.3 Å². The van der Waals surface area contributed by atoms with Crippen molar-refractivity contribution in [2.45, 2.75) is 25.8 Å². The van der Waals surface area contributed by atoms with Crippen LogP contribution in [0.4, 0.5) is 0 Å². The van der Waals surface area contributed by atoms with Crippen molar-refractivity contribution < 1.29 is 13.9 Å². The van der Waals surface area contributed by atoms with Crippen molar-refractivity contribution in [3.63, 3.8) is 0 Å². The maximum atomic E-state index is 12.9. The summed E-state index contributed by atoms with van der Waals surface area (Å²) in [4.78, 5) is 21.7. The fraction of sp³-hybridized carbons (Fsp3) is 0.421. The lowest BCUT2D eigenvalue weighted by Crippen LogP contribution is -2.37. The SMILES string of the molecule is Cc1nc2ccc(C(=O)NC(c3nccn3C)C3CCOCC3)cc2o1. The lowest BCUT2D eigenvalue weighted by Gasteiger charge is -2.30. The molecule has 0 spiro atoms. The molecule has 26 heavy (non-hydrogen) atoms. The van der Waals surface area contributed by atoms with Crippen LogP contribution in [-0.2, 0) is 11.8 Å². The van der Waals surface area contributed by atoms with Crippen molar-refractivity contribution in [2.24, 2.45) is 13.0 Å². The Morgan fingerprint density at radius 1 is 1.35 bits per heavy atom. The number of aromatic nitrogens is 3. The molecule has 3 heterocycles. The first kappa shape index (κ1) is 16.8. The number of hydrogen-bond acceptors (Lipinski definition) is 5. The predicted molar refractivity (Wildman–Crippen MR) is 95.7 cm³/mol. The highest BCUT2D eigenvalue weighted by molar-refractivity contribution is 5.97. The van der Waals surface area contributed by atoms with Crippen LogP contribution in [0.3, 0.4) is 0 Å². The van der Waals surface area contributed by atoms with Crippen LogP contribution in [0.15, 0.2) is 35.0 Å². The molecule has 0 radical (unpaired) electrons. The number of ether oxygens (including phenoxy) is 1. The summed E-state index contributed by atoms with van der Waals surface area (Å²) in [6.45, 7) is 3.22. The molecule has 0 bridgehead atoms. The van der Waals surface area contributed by atoms with Gasteiger partial charge in [0.2, 0.25) is 0 Å². The summed E-state index contributed by atoms with van der Waals surface area (Å²) >= 11 is 0. The average Bonchev–Trinajstić information content (AvgIpc) is 3.24. The van der Waals surface area contributed by atoms with Crippen molar-refractivity contribution in [1.82, 2.24) is 19.9 Å². The zero-order chi connectivity index (χ0) is 18.1. The van der Waals surface area contributed by atoms with E-state index in [1.807, 2.05) is 23.9 Å². The molecule has 1 N–H and O–H groups in total. The summed E-state index contributed by atoms with van der Waals surface area (Å²) in [6.07, 6.45) is 5.46. The normalized spacial score (nSPS) is 16.7. The Hall–Kier alpha value is -2.67. The molecule has 136 valence electrons. The van der Waals surface area contributed by atoms with E-state index in [9.17, 15) is 4.79 Å². The number of aryl methyl sites for hydroxylation is 2. The van der Waals surface area contributed by atoms with Crippen LogP contribution in [0.25, 0.3) is 11.1 Å². The molecule has 1 fully saturated rings. The van der Waals surface area contributed by atoms with Gasteiger partial charge in [0.25, 0.3) is 5.91 Å². The molecular weight excluding hydrogens is 332 g/mol. The van der Waals surface area contributed by atoms with Gasteiger partial charge < -0.3 is 19.0 Å². The summed E-state index contributed by atoms with van der Waals surface area (Å²) in [7, 11) is 1.95. The van der Waals surface area contributed by atoms with E-state index in [2.05, 4.69) is 15.3 Å². The smallest absolute Gasteiger partial charge is 0.252 e. The Kier molecular flexibility index (Phi) is 4.46. The van der Waals surface area contributed by atoms with Crippen molar-refractivity contribution >= 4 is 17.0 Å². The minimum atomic E-state index is -0.154. The molecule has 2 aromatic heterocycles. The molecule has 1 aromatic carbocycles. The molecule has 3 aromatic rings. The van der Waals surface area contributed by atoms with Crippen LogP contribution in [0, 0.1) is 12.8 Å². The highest BCUT2D eigenvalue weighted by atomic mass is 16.5. The summed E-state index contributed by atoms with van der Waals surface area (Å²) in [6, 6.07) is 5.17. The monoisotopic (exact) mass is 354 g/mol. The highest BCUT2D eigenvalue weighted by Crippen LogP contribution is 2.29. The predicted octanol–water partition coefficient (Wildman–Crippen LogP) is 2.77. The largest absolute Gasteiger partial charge is 0.441 e. The number of hydrogen-bond donors (Lipinski definition) is 1. The van der Waals surface area contributed by atoms with Crippen LogP contribution in [0.1, 0.15) is 41.0 Å². The molecule has 7 nitrogen and oxygen atoms in total.